The van der Waals surface area contributed by atoms with Gasteiger partial charge in [0.05, 0.1) is 0 Å². The van der Waals surface area contributed by atoms with Crippen LogP contribution < -0.4 is 4.90 Å². The third-order valence-electron chi connectivity index (χ3n) is 6.04. The van der Waals surface area contributed by atoms with Gasteiger partial charge >= 0.3 is 0 Å². The van der Waals surface area contributed by atoms with Gasteiger partial charge in [0, 0.05) is 18.8 Å². The van der Waals surface area contributed by atoms with E-state index in [2.05, 4.69) is 47.9 Å². The molecule has 0 amide bonds. The molecule has 2 heterocycles. The zero-order valence-electron chi connectivity index (χ0n) is 15.8. The highest BCUT2D eigenvalue weighted by Gasteiger charge is 2.18. The monoisotopic (exact) mass is 328 g/mol. The molecular weight excluding hydrogens is 292 g/mol. The van der Waals surface area contributed by atoms with Gasteiger partial charge in [-0.3, -0.25) is 0 Å². The lowest BCUT2D eigenvalue weighted by atomic mass is 9.84. The minimum absolute atomic E-state index is 0.711. The van der Waals surface area contributed by atoms with Crippen molar-refractivity contribution in [3.63, 3.8) is 0 Å². The molecule has 2 heteroatoms. The average Bonchev–Trinajstić information content (AvgIpc) is 3.14. The van der Waals surface area contributed by atoms with E-state index >= 15 is 0 Å². The zero-order chi connectivity index (χ0) is 16.8. The second-order valence-corrected chi connectivity index (χ2v) is 8.18. The summed E-state index contributed by atoms with van der Waals surface area (Å²) in [6.45, 7) is 11.2. The standard InChI is InChI=1S/C22H36N2/c1-19(2)22(9-8-16-23-14-4-3-5-15-23)20-10-12-21(13-11-20)24-17-6-7-18-24/h10-13,19,22H,3-9,14-18H2,1-2H3. The molecule has 0 aromatic heterocycles. The second-order valence-electron chi connectivity index (χ2n) is 8.18. The predicted molar refractivity (Wildman–Crippen MR) is 105 cm³/mol. The topological polar surface area (TPSA) is 6.48 Å². The Kier molecular flexibility index (Phi) is 6.59. The number of nitrogens with zero attached hydrogens (tertiary/aromatic N) is 2. The van der Waals surface area contributed by atoms with Gasteiger partial charge in [0.25, 0.3) is 0 Å². The van der Waals surface area contributed by atoms with E-state index in [-0.39, 0.29) is 0 Å². The van der Waals surface area contributed by atoms with Crippen LogP contribution >= 0.6 is 0 Å². The van der Waals surface area contributed by atoms with E-state index in [1.165, 1.54) is 83.4 Å². The molecule has 0 bridgehead atoms. The van der Waals surface area contributed by atoms with Crippen LogP contribution in [-0.4, -0.2) is 37.6 Å². The molecule has 24 heavy (non-hydrogen) atoms. The smallest absolute Gasteiger partial charge is 0.0366 e. The second kappa shape index (κ2) is 8.89. The molecule has 2 nitrogen and oxygen atoms in total. The number of piperidine rings is 1. The Hall–Kier alpha value is -1.02. The first-order valence-electron chi connectivity index (χ1n) is 10.3. The van der Waals surface area contributed by atoms with Gasteiger partial charge in [-0.2, -0.15) is 0 Å². The summed E-state index contributed by atoms with van der Waals surface area (Å²) < 4.78 is 0. The molecule has 1 aromatic carbocycles. The normalized spacial score (nSPS) is 20.7. The predicted octanol–water partition coefficient (Wildman–Crippen LogP) is 5.29. The van der Waals surface area contributed by atoms with Crippen LogP contribution in [0.4, 0.5) is 5.69 Å². The number of anilines is 1. The Bertz CT molecular complexity index is 467. The molecule has 134 valence electrons. The minimum Gasteiger partial charge on any atom is -0.372 e. The number of hydrogen-bond acceptors (Lipinski definition) is 2. The van der Waals surface area contributed by atoms with Crippen molar-refractivity contribution in [1.82, 2.24) is 4.90 Å². The fourth-order valence-corrected chi connectivity index (χ4v) is 4.51. The molecule has 2 aliphatic rings. The molecule has 0 aliphatic carbocycles. The van der Waals surface area contributed by atoms with E-state index in [0.717, 1.165) is 5.92 Å². The van der Waals surface area contributed by atoms with Gasteiger partial charge < -0.3 is 9.80 Å². The largest absolute Gasteiger partial charge is 0.372 e. The number of likely N-dealkylation sites (tertiary alicyclic amines) is 1. The van der Waals surface area contributed by atoms with E-state index in [0.29, 0.717) is 5.92 Å². The molecule has 0 N–H and O–H groups in total. The van der Waals surface area contributed by atoms with Crippen LogP contribution in [0, 0.1) is 5.92 Å². The van der Waals surface area contributed by atoms with Crippen LogP contribution in [0.5, 0.6) is 0 Å². The SMILES string of the molecule is CC(C)C(CCCN1CCCCC1)c1ccc(N2CCCC2)cc1. The molecule has 1 aromatic rings. The summed E-state index contributed by atoms with van der Waals surface area (Å²) in [5.41, 5.74) is 2.97. The Balaban J connectivity index is 1.54. The van der Waals surface area contributed by atoms with Crippen molar-refractivity contribution in [2.24, 2.45) is 5.92 Å². The first kappa shape index (κ1) is 17.8. The first-order valence-corrected chi connectivity index (χ1v) is 10.3. The van der Waals surface area contributed by atoms with Crippen molar-refractivity contribution in [1.29, 1.82) is 0 Å². The van der Waals surface area contributed by atoms with Gasteiger partial charge in [0.15, 0.2) is 0 Å². The van der Waals surface area contributed by atoms with Crippen molar-refractivity contribution >= 4 is 5.69 Å². The van der Waals surface area contributed by atoms with Gasteiger partial charge in [-0.05, 0) is 87.7 Å². The lowest BCUT2D eigenvalue weighted by Crippen LogP contribution is -2.30. The summed E-state index contributed by atoms with van der Waals surface area (Å²) in [5, 5.41) is 0. The highest BCUT2D eigenvalue weighted by atomic mass is 15.1. The van der Waals surface area contributed by atoms with Gasteiger partial charge in [-0.15, -0.1) is 0 Å². The van der Waals surface area contributed by atoms with Gasteiger partial charge in [-0.1, -0.05) is 32.4 Å². The fraction of sp³-hybridized carbons (Fsp3) is 0.727. The third-order valence-corrected chi connectivity index (χ3v) is 6.04. The summed E-state index contributed by atoms with van der Waals surface area (Å²) in [4.78, 5) is 5.21. The Morgan fingerprint density at radius 3 is 2.08 bits per heavy atom. The summed E-state index contributed by atoms with van der Waals surface area (Å²) in [7, 11) is 0. The van der Waals surface area contributed by atoms with Crippen molar-refractivity contribution in [2.45, 2.75) is 64.7 Å². The zero-order valence-corrected chi connectivity index (χ0v) is 15.8. The quantitative estimate of drug-likeness (QED) is 0.671. The highest BCUT2D eigenvalue weighted by Crippen LogP contribution is 2.31. The lowest BCUT2D eigenvalue weighted by Gasteiger charge is -2.28. The van der Waals surface area contributed by atoms with E-state index < -0.39 is 0 Å². The molecule has 1 unspecified atom stereocenters. The Labute approximate surface area is 149 Å². The summed E-state index contributed by atoms with van der Waals surface area (Å²) in [6.07, 6.45) is 9.64. The van der Waals surface area contributed by atoms with Crippen molar-refractivity contribution in [2.75, 3.05) is 37.6 Å². The summed E-state index contributed by atoms with van der Waals surface area (Å²) >= 11 is 0. The maximum absolute atomic E-state index is 2.68. The van der Waals surface area contributed by atoms with Crippen LogP contribution in [0.15, 0.2) is 24.3 Å². The van der Waals surface area contributed by atoms with Crippen LogP contribution in [-0.2, 0) is 0 Å². The van der Waals surface area contributed by atoms with Gasteiger partial charge in [0.2, 0.25) is 0 Å². The van der Waals surface area contributed by atoms with Crippen molar-refractivity contribution in [3.05, 3.63) is 29.8 Å². The molecule has 1 atom stereocenters. The number of hydrogen-bond donors (Lipinski definition) is 0. The maximum atomic E-state index is 2.68. The van der Waals surface area contributed by atoms with Crippen LogP contribution in [0.2, 0.25) is 0 Å². The average molecular weight is 329 g/mol. The Morgan fingerprint density at radius 2 is 1.46 bits per heavy atom. The first-order chi connectivity index (χ1) is 11.7. The van der Waals surface area contributed by atoms with Crippen molar-refractivity contribution < 1.29 is 0 Å². The Morgan fingerprint density at radius 1 is 0.833 bits per heavy atom. The molecule has 0 spiro atoms. The van der Waals surface area contributed by atoms with E-state index in [1.54, 1.807) is 5.56 Å². The van der Waals surface area contributed by atoms with E-state index in [4.69, 9.17) is 0 Å². The molecule has 2 fully saturated rings. The molecule has 2 saturated heterocycles. The maximum Gasteiger partial charge on any atom is 0.0366 e. The van der Waals surface area contributed by atoms with Crippen LogP contribution in [0.3, 0.4) is 0 Å². The highest BCUT2D eigenvalue weighted by molar-refractivity contribution is 5.48. The molecule has 0 saturated carbocycles. The molecule has 2 aliphatic heterocycles. The third kappa shape index (κ3) is 4.75. The van der Waals surface area contributed by atoms with Gasteiger partial charge in [-0.25, -0.2) is 0 Å². The summed E-state index contributed by atoms with van der Waals surface area (Å²) in [5.74, 6) is 1.44. The number of benzene rings is 1. The van der Waals surface area contributed by atoms with E-state index in [1.807, 2.05) is 0 Å². The van der Waals surface area contributed by atoms with Crippen LogP contribution in [0.25, 0.3) is 0 Å². The van der Waals surface area contributed by atoms with Gasteiger partial charge in [0.1, 0.15) is 0 Å². The molecule has 3 rings (SSSR count). The minimum atomic E-state index is 0.711. The molecule has 0 radical (unpaired) electrons. The number of rotatable bonds is 7. The van der Waals surface area contributed by atoms with E-state index in [9.17, 15) is 0 Å². The lowest BCUT2D eigenvalue weighted by molar-refractivity contribution is 0.221. The van der Waals surface area contributed by atoms with Crippen molar-refractivity contribution in [3.8, 4) is 0 Å². The summed E-state index contributed by atoms with van der Waals surface area (Å²) in [6, 6.07) is 9.53. The molecular formula is C22H36N2. The fourth-order valence-electron chi connectivity index (χ4n) is 4.51. The van der Waals surface area contributed by atoms with Crippen LogP contribution in [0.1, 0.15) is 70.3 Å².